The third-order valence-electron chi connectivity index (χ3n) is 4.06. The maximum absolute atomic E-state index is 9.56. The van der Waals surface area contributed by atoms with Crippen LogP contribution in [-0.2, 0) is 0 Å². The van der Waals surface area contributed by atoms with Gasteiger partial charge in [-0.05, 0) is 70.3 Å². The maximum atomic E-state index is 9.56. The van der Waals surface area contributed by atoms with E-state index in [-0.39, 0.29) is 0 Å². The number of aromatic hydroxyl groups is 1. The van der Waals surface area contributed by atoms with Crippen molar-refractivity contribution in [3.05, 3.63) is 23.8 Å². The molecule has 1 aliphatic rings. The zero-order chi connectivity index (χ0) is 13.8. The van der Waals surface area contributed by atoms with E-state index in [1.165, 1.54) is 32.4 Å². The van der Waals surface area contributed by atoms with Crippen LogP contribution in [0.25, 0.3) is 0 Å². The molecule has 106 valence electrons. The molecule has 0 radical (unpaired) electrons. The molecule has 0 spiro atoms. The fourth-order valence-electron chi connectivity index (χ4n) is 2.76. The Labute approximate surface area is 116 Å². The van der Waals surface area contributed by atoms with Crippen LogP contribution in [0.15, 0.2) is 18.2 Å². The molecule has 0 saturated carbocycles. The maximum Gasteiger partial charge on any atom is 0.118 e. The highest BCUT2D eigenvalue weighted by molar-refractivity contribution is 5.50. The van der Waals surface area contributed by atoms with Crippen LogP contribution in [0, 0.1) is 6.92 Å². The molecule has 0 aliphatic carbocycles. The minimum Gasteiger partial charge on any atom is -0.508 e. The van der Waals surface area contributed by atoms with Crippen LogP contribution < -0.4 is 5.32 Å². The second-order valence-corrected chi connectivity index (χ2v) is 5.90. The number of anilines is 1. The first-order chi connectivity index (χ1) is 9.06. The average Bonchev–Trinajstić information content (AvgIpc) is 2.59. The predicted octanol–water partition coefficient (Wildman–Crippen LogP) is 3.38. The fourth-order valence-corrected chi connectivity index (χ4v) is 2.76. The van der Waals surface area contributed by atoms with Gasteiger partial charge in [0.25, 0.3) is 0 Å². The smallest absolute Gasteiger partial charge is 0.118 e. The van der Waals surface area contributed by atoms with Gasteiger partial charge in [0.1, 0.15) is 5.75 Å². The summed E-state index contributed by atoms with van der Waals surface area (Å²) in [5, 5.41) is 13.2. The van der Waals surface area contributed by atoms with Crippen LogP contribution >= 0.6 is 0 Å². The molecule has 1 atom stereocenters. The largest absolute Gasteiger partial charge is 0.508 e. The highest BCUT2D eigenvalue weighted by Crippen LogP contribution is 2.23. The summed E-state index contributed by atoms with van der Waals surface area (Å²) < 4.78 is 0. The first kappa shape index (κ1) is 14.2. The number of phenols is 1. The van der Waals surface area contributed by atoms with E-state index in [9.17, 15) is 5.11 Å². The van der Waals surface area contributed by atoms with Crippen molar-refractivity contribution in [3.8, 4) is 5.75 Å². The highest BCUT2D eigenvalue weighted by Gasteiger charge is 2.18. The van der Waals surface area contributed by atoms with Crippen molar-refractivity contribution in [2.45, 2.75) is 52.1 Å². The Bertz CT molecular complexity index is 417. The average molecular weight is 262 g/mol. The molecule has 3 nitrogen and oxygen atoms in total. The lowest BCUT2D eigenvalue weighted by Gasteiger charge is -2.24. The summed E-state index contributed by atoms with van der Waals surface area (Å²) in [6.07, 6.45) is 3.67. The van der Waals surface area contributed by atoms with Crippen molar-refractivity contribution in [1.82, 2.24) is 4.90 Å². The monoisotopic (exact) mass is 262 g/mol. The lowest BCUT2D eigenvalue weighted by atomic mass is 10.1. The lowest BCUT2D eigenvalue weighted by molar-refractivity contribution is 0.230. The summed E-state index contributed by atoms with van der Waals surface area (Å²) in [7, 11) is 0. The minimum absolute atomic E-state index is 0.373. The molecule has 1 aromatic rings. The van der Waals surface area contributed by atoms with Crippen molar-refractivity contribution in [2.24, 2.45) is 0 Å². The van der Waals surface area contributed by atoms with E-state index in [2.05, 4.69) is 24.1 Å². The quantitative estimate of drug-likeness (QED) is 0.820. The summed E-state index contributed by atoms with van der Waals surface area (Å²) in [6, 6.07) is 6.96. The van der Waals surface area contributed by atoms with Crippen LogP contribution in [0.5, 0.6) is 5.75 Å². The number of phenolic OH excluding ortho intramolecular Hbond substituents is 1. The molecule has 0 bridgehead atoms. The summed E-state index contributed by atoms with van der Waals surface area (Å²) in [4.78, 5) is 2.56. The first-order valence-electron chi connectivity index (χ1n) is 7.36. The van der Waals surface area contributed by atoms with Gasteiger partial charge in [0.05, 0.1) is 0 Å². The lowest BCUT2D eigenvalue weighted by Crippen LogP contribution is -2.32. The van der Waals surface area contributed by atoms with Crippen molar-refractivity contribution < 1.29 is 5.11 Å². The summed E-state index contributed by atoms with van der Waals surface area (Å²) in [5.41, 5.74) is 2.06. The molecule has 0 aromatic heterocycles. The SMILES string of the molecule is Cc1cc(NC2CCCN(C(C)C)CC2)ccc1O. The Hall–Kier alpha value is -1.22. The third-order valence-corrected chi connectivity index (χ3v) is 4.06. The highest BCUT2D eigenvalue weighted by atomic mass is 16.3. The third kappa shape index (κ3) is 3.87. The van der Waals surface area contributed by atoms with Gasteiger partial charge in [-0.25, -0.2) is 0 Å². The molecule has 1 unspecified atom stereocenters. The van der Waals surface area contributed by atoms with E-state index in [0.29, 0.717) is 17.8 Å². The van der Waals surface area contributed by atoms with Gasteiger partial charge in [0, 0.05) is 24.3 Å². The van der Waals surface area contributed by atoms with E-state index in [1.54, 1.807) is 6.07 Å². The van der Waals surface area contributed by atoms with E-state index in [0.717, 1.165) is 11.3 Å². The molecule has 2 N–H and O–H groups in total. The van der Waals surface area contributed by atoms with Gasteiger partial charge in [-0.2, -0.15) is 0 Å². The minimum atomic E-state index is 0.373. The second-order valence-electron chi connectivity index (χ2n) is 5.90. The Morgan fingerprint density at radius 1 is 1.26 bits per heavy atom. The first-order valence-corrected chi connectivity index (χ1v) is 7.36. The summed E-state index contributed by atoms with van der Waals surface area (Å²) in [6.45, 7) is 8.87. The number of nitrogens with zero attached hydrogens (tertiary/aromatic N) is 1. The van der Waals surface area contributed by atoms with E-state index >= 15 is 0 Å². The summed E-state index contributed by atoms with van der Waals surface area (Å²) in [5.74, 6) is 0.373. The van der Waals surface area contributed by atoms with E-state index in [4.69, 9.17) is 0 Å². The molecule has 0 amide bonds. The van der Waals surface area contributed by atoms with Crippen LogP contribution in [0.4, 0.5) is 5.69 Å². The molecule has 2 rings (SSSR count). The Balaban J connectivity index is 1.94. The van der Waals surface area contributed by atoms with Gasteiger partial charge < -0.3 is 15.3 Å². The number of benzene rings is 1. The van der Waals surface area contributed by atoms with Gasteiger partial charge in [-0.15, -0.1) is 0 Å². The van der Waals surface area contributed by atoms with Crippen LogP contribution in [0.1, 0.15) is 38.7 Å². The molecule has 1 saturated heterocycles. The van der Waals surface area contributed by atoms with Gasteiger partial charge in [-0.1, -0.05) is 0 Å². The molecule has 19 heavy (non-hydrogen) atoms. The molecular formula is C16H26N2O. The zero-order valence-corrected chi connectivity index (χ0v) is 12.3. The molecule has 1 fully saturated rings. The second kappa shape index (κ2) is 6.29. The standard InChI is InChI=1S/C16H26N2O/c1-12(2)18-9-4-5-14(8-10-18)17-15-6-7-16(19)13(3)11-15/h6-7,11-12,14,17,19H,4-5,8-10H2,1-3H3. The molecule has 1 heterocycles. The molecule has 1 aromatic carbocycles. The van der Waals surface area contributed by atoms with Crippen LogP contribution in [-0.4, -0.2) is 35.2 Å². The van der Waals surface area contributed by atoms with Crippen molar-refractivity contribution in [2.75, 3.05) is 18.4 Å². The van der Waals surface area contributed by atoms with Crippen molar-refractivity contribution in [1.29, 1.82) is 0 Å². The number of rotatable bonds is 3. The Morgan fingerprint density at radius 3 is 2.74 bits per heavy atom. The zero-order valence-electron chi connectivity index (χ0n) is 12.3. The molecule has 3 heteroatoms. The molecular weight excluding hydrogens is 236 g/mol. The van der Waals surface area contributed by atoms with E-state index < -0.39 is 0 Å². The number of hydrogen-bond donors (Lipinski definition) is 2. The topological polar surface area (TPSA) is 35.5 Å². The van der Waals surface area contributed by atoms with Gasteiger partial charge in [-0.3, -0.25) is 0 Å². The molecule has 1 aliphatic heterocycles. The fraction of sp³-hybridized carbons (Fsp3) is 0.625. The van der Waals surface area contributed by atoms with Crippen molar-refractivity contribution in [3.63, 3.8) is 0 Å². The number of nitrogens with one attached hydrogen (secondary N) is 1. The van der Waals surface area contributed by atoms with Gasteiger partial charge in [0.15, 0.2) is 0 Å². The number of hydrogen-bond acceptors (Lipinski definition) is 3. The Kier molecular flexibility index (Phi) is 4.70. The van der Waals surface area contributed by atoms with Crippen LogP contribution in [0.2, 0.25) is 0 Å². The summed E-state index contributed by atoms with van der Waals surface area (Å²) >= 11 is 0. The van der Waals surface area contributed by atoms with Gasteiger partial charge in [0.2, 0.25) is 0 Å². The van der Waals surface area contributed by atoms with Crippen LogP contribution in [0.3, 0.4) is 0 Å². The van der Waals surface area contributed by atoms with Crippen molar-refractivity contribution >= 4 is 5.69 Å². The van der Waals surface area contributed by atoms with Gasteiger partial charge >= 0.3 is 0 Å². The number of aryl methyl sites for hydroxylation is 1. The van der Waals surface area contributed by atoms with E-state index in [1.807, 2.05) is 19.1 Å². The Morgan fingerprint density at radius 2 is 2.05 bits per heavy atom. The number of likely N-dealkylation sites (tertiary alicyclic amines) is 1. The normalized spacial score (nSPS) is 21.4. The predicted molar refractivity (Wildman–Crippen MR) is 80.8 cm³/mol.